The normalized spacial score (nSPS) is 14.9. The van der Waals surface area contributed by atoms with Crippen molar-refractivity contribution >= 4 is 29.5 Å². The van der Waals surface area contributed by atoms with Crippen LogP contribution in [0.3, 0.4) is 0 Å². The molecule has 27 heavy (non-hydrogen) atoms. The van der Waals surface area contributed by atoms with Gasteiger partial charge in [-0.3, -0.25) is 0 Å². The van der Waals surface area contributed by atoms with Crippen molar-refractivity contribution in [3.05, 3.63) is 64.3 Å². The van der Waals surface area contributed by atoms with Crippen LogP contribution < -0.4 is 9.47 Å². The van der Waals surface area contributed by atoms with Crippen LogP contribution in [0.15, 0.2) is 53.2 Å². The lowest BCUT2D eigenvalue weighted by atomic mass is 10.1. The monoisotopic (exact) mass is 385 g/mol. The largest absolute Gasteiger partial charge is 0.493 e. The summed E-state index contributed by atoms with van der Waals surface area (Å²) in [6.07, 6.45) is 3.57. The van der Waals surface area contributed by atoms with Gasteiger partial charge in [-0.1, -0.05) is 49.2 Å². The average molecular weight is 386 g/mol. The number of esters is 1. The van der Waals surface area contributed by atoms with Gasteiger partial charge in [0.2, 0.25) is 5.90 Å². The molecule has 0 unspecified atom stereocenters. The Balaban J connectivity index is 1.96. The van der Waals surface area contributed by atoms with E-state index in [1.165, 1.54) is 0 Å². The van der Waals surface area contributed by atoms with E-state index in [4.69, 9.17) is 25.8 Å². The molecule has 2 aromatic rings. The Kier molecular flexibility index (Phi) is 6.14. The van der Waals surface area contributed by atoms with E-state index in [9.17, 15) is 4.79 Å². The third-order valence-electron chi connectivity index (χ3n) is 3.99. The number of nitrogens with zero attached hydrogens (tertiary/aromatic N) is 1. The number of rotatable bonds is 7. The maximum Gasteiger partial charge on any atom is 0.363 e. The summed E-state index contributed by atoms with van der Waals surface area (Å²) in [7, 11) is 1.58. The first kappa shape index (κ1) is 19.0. The van der Waals surface area contributed by atoms with Gasteiger partial charge in [0.05, 0.1) is 24.3 Å². The van der Waals surface area contributed by atoms with Crippen LogP contribution in [0, 0.1) is 0 Å². The Morgan fingerprint density at radius 3 is 2.74 bits per heavy atom. The molecule has 0 aromatic heterocycles. The molecule has 0 N–H and O–H groups in total. The zero-order chi connectivity index (χ0) is 19.2. The zero-order valence-corrected chi connectivity index (χ0v) is 16.0. The first-order valence-corrected chi connectivity index (χ1v) is 9.09. The molecule has 3 rings (SSSR count). The number of unbranched alkanes of at least 4 members (excludes halogenated alkanes) is 1. The first-order valence-electron chi connectivity index (χ1n) is 8.71. The summed E-state index contributed by atoms with van der Waals surface area (Å²) < 4.78 is 16.6. The highest BCUT2D eigenvalue weighted by atomic mass is 35.5. The summed E-state index contributed by atoms with van der Waals surface area (Å²) in [5, 5.41) is 0.468. The maximum atomic E-state index is 12.3. The number of benzene rings is 2. The summed E-state index contributed by atoms with van der Waals surface area (Å²) in [6, 6.07) is 12.6. The van der Waals surface area contributed by atoms with Gasteiger partial charge in [-0.15, -0.1) is 0 Å². The van der Waals surface area contributed by atoms with Gasteiger partial charge in [0, 0.05) is 5.56 Å². The maximum absolute atomic E-state index is 12.3. The first-order chi connectivity index (χ1) is 13.1. The number of para-hydroxylation sites is 1. The molecule has 2 aromatic carbocycles. The van der Waals surface area contributed by atoms with Crippen molar-refractivity contribution in [2.75, 3.05) is 13.7 Å². The van der Waals surface area contributed by atoms with E-state index < -0.39 is 5.97 Å². The Morgan fingerprint density at radius 2 is 2.00 bits per heavy atom. The second kappa shape index (κ2) is 8.73. The Hall–Kier alpha value is -2.79. The van der Waals surface area contributed by atoms with Gasteiger partial charge in [0.1, 0.15) is 0 Å². The highest BCUT2D eigenvalue weighted by Crippen LogP contribution is 2.34. The Bertz CT molecular complexity index is 905. The SMILES string of the molecule is CCCCOc1c(/C=C2\N=C(c3ccccc3Cl)OC2=O)cccc1OC. The van der Waals surface area contributed by atoms with Crippen molar-refractivity contribution in [2.45, 2.75) is 19.8 Å². The van der Waals surface area contributed by atoms with Gasteiger partial charge in [-0.25, -0.2) is 9.79 Å². The predicted octanol–water partition coefficient (Wildman–Crippen LogP) is 4.87. The molecule has 1 aliphatic heterocycles. The van der Waals surface area contributed by atoms with Crippen molar-refractivity contribution in [3.63, 3.8) is 0 Å². The second-order valence-electron chi connectivity index (χ2n) is 5.90. The zero-order valence-electron chi connectivity index (χ0n) is 15.2. The van der Waals surface area contributed by atoms with Crippen LogP contribution in [-0.2, 0) is 9.53 Å². The van der Waals surface area contributed by atoms with Crippen molar-refractivity contribution in [3.8, 4) is 11.5 Å². The van der Waals surface area contributed by atoms with E-state index in [1.807, 2.05) is 18.2 Å². The molecule has 0 saturated carbocycles. The van der Waals surface area contributed by atoms with Crippen LogP contribution in [0.1, 0.15) is 30.9 Å². The highest BCUT2D eigenvalue weighted by Gasteiger charge is 2.26. The molecule has 1 heterocycles. The molecule has 6 heteroatoms. The second-order valence-corrected chi connectivity index (χ2v) is 6.30. The van der Waals surface area contributed by atoms with E-state index in [-0.39, 0.29) is 11.6 Å². The molecule has 0 amide bonds. The van der Waals surface area contributed by atoms with Crippen molar-refractivity contribution in [1.29, 1.82) is 0 Å². The lowest BCUT2D eigenvalue weighted by Crippen LogP contribution is -2.06. The number of carbonyl (C=O) groups excluding carboxylic acids is 1. The van der Waals surface area contributed by atoms with E-state index in [1.54, 1.807) is 37.5 Å². The fourth-order valence-electron chi connectivity index (χ4n) is 2.59. The summed E-state index contributed by atoms with van der Waals surface area (Å²) in [5.41, 5.74) is 1.45. The lowest BCUT2D eigenvalue weighted by Gasteiger charge is -2.13. The summed E-state index contributed by atoms with van der Waals surface area (Å²) in [5.74, 6) is 0.831. The quantitative estimate of drug-likeness (QED) is 0.387. The Labute approximate surface area is 163 Å². The third-order valence-corrected chi connectivity index (χ3v) is 4.32. The van der Waals surface area contributed by atoms with Crippen LogP contribution in [0.5, 0.6) is 11.5 Å². The topological polar surface area (TPSA) is 57.1 Å². The molecular formula is C21H20ClNO4. The van der Waals surface area contributed by atoms with E-state index in [0.29, 0.717) is 34.3 Å². The molecule has 5 nitrogen and oxygen atoms in total. The van der Waals surface area contributed by atoms with E-state index in [0.717, 1.165) is 12.8 Å². The van der Waals surface area contributed by atoms with Gasteiger partial charge >= 0.3 is 5.97 Å². The van der Waals surface area contributed by atoms with E-state index >= 15 is 0 Å². The number of cyclic esters (lactones) is 1. The number of aliphatic imine (C=N–C) groups is 1. The number of carbonyl (C=O) groups is 1. The minimum absolute atomic E-state index is 0.179. The summed E-state index contributed by atoms with van der Waals surface area (Å²) >= 11 is 6.17. The number of hydrogen-bond donors (Lipinski definition) is 0. The minimum atomic E-state index is -0.535. The molecule has 0 fully saturated rings. The molecule has 0 radical (unpaired) electrons. The van der Waals surface area contributed by atoms with Gasteiger partial charge in [-0.05, 0) is 30.7 Å². The average Bonchev–Trinajstić information content (AvgIpc) is 3.03. The van der Waals surface area contributed by atoms with Crippen LogP contribution in [-0.4, -0.2) is 25.6 Å². The molecular weight excluding hydrogens is 366 g/mol. The van der Waals surface area contributed by atoms with Crippen molar-refractivity contribution in [2.24, 2.45) is 4.99 Å². The van der Waals surface area contributed by atoms with Crippen LogP contribution in [0.4, 0.5) is 0 Å². The summed E-state index contributed by atoms with van der Waals surface area (Å²) in [6.45, 7) is 2.65. The third kappa shape index (κ3) is 4.31. The fraction of sp³-hybridized carbons (Fsp3) is 0.238. The molecule has 140 valence electrons. The van der Waals surface area contributed by atoms with Gasteiger partial charge in [0.25, 0.3) is 0 Å². The molecule has 0 saturated heterocycles. The molecule has 0 atom stereocenters. The smallest absolute Gasteiger partial charge is 0.363 e. The molecule has 0 spiro atoms. The molecule has 0 aliphatic carbocycles. The van der Waals surface area contributed by atoms with Gasteiger partial charge in [-0.2, -0.15) is 0 Å². The van der Waals surface area contributed by atoms with Gasteiger partial charge < -0.3 is 14.2 Å². The van der Waals surface area contributed by atoms with Gasteiger partial charge in [0.15, 0.2) is 17.2 Å². The molecule has 1 aliphatic rings. The predicted molar refractivity (Wildman–Crippen MR) is 105 cm³/mol. The minimum Gasteiger partial charge on any atom is -0.493 e. The Morgan fingerprint density at radius 1 is 1.19 bits per heavy atom. The number of methoxy groups -OCH3 is 1. The number of hydrogen-bond acceptors (Lipinski definition) is 5. The molecule has 0 bridgehead atoms. The van der Waals surface area contributed by atoms with E-state index in [2.05, 4.69) is 11.9 Å². The van der Waals surface area contributed by atoms with Crippen LogP contribution >= 0.6 is 11.6 Å². The number of ether oxygens (including phenoxy) is 3. The highest BCUT2D eigenvalue weighted by molar-refractivity contribution is 6.34. The van der Waals surface area contributed by atoms with Crippen LogP contribution in [0.25, 0.3) is 6.08 Å². The fourth-order valence-corrected chi connectivity index (χ4v) is 2.80. The van der Waals surface area contributed by atoms with Crippen molar-refractivity contribution in [1.82, 2.24) is 0 Å². The van der Waals surface area contributed by atoms with Crippen LogP contribution in [0.2, 0.25) is 5.02 Å². The van der Waals surface area contributed by atoms with Crippen molar-refractivity contribution < 1.29 is 19.0 Å². The number of halogens is 1. The summed E-state index contributed by atoms with van der Waals surface area (Å²) in [4.78, 5) is 16.6. The lowest BCUT2D eigenvalue weighted by molar-refractivity contribution is -0.129. The standard InChI is InChI=1S/C21H20ClNO4/c1-3-4-12-26-19-14(8-7-11-18(19)25-2)13-17-21(24)27-20(23-17)15-9-5-6-10-16(15)22/h5-11,13H,3-4,12H2,1-2H3/b17-13-.